The second kappa shape index (κ2) is 5.67. The van der Waals surface area contributed by atoms with Crippen molar-refractivity contribution in [1.82, 2.24) is 0 Å². The maximum Gasteiger partial charge on any atom is 0.306 e. The predicted molar refractivity (Wildman–Crippen MR) is 34.3 cm³/mol. The number of hydrogen-bond donors (Lipinski definition) is 1. The van der Waals surface area contributed by atoms with Crippen LogP contribution < -0.4 is 10.8 Å². The highest BCUT2D eigenvalue weighted by Crippen LogP contribution is 1.90. The molecule has 11 heavy (non-hydrogen) atoms. The Hall–Kier alpha value is -1.10. The van der Waals surface area contributed by atoms with E-state index in [1.807, 2.05) is 0 Å². The fourth-order valence-electron chi connectivity index (χ4n) is 0.449. The Balaban J connectivity index is 3.30. The lowest BCUT2D eigenvalue weighted by atomic mass is 10.3. The number of ether oxygens (including phenoxy) is 1. The second-order valence-corrected chi connectivity index (χ2v) is 1.88. The van der Waals surface area contributed by atoms with Crippen molar-refractivity contribution in [2.24, 2.45) is 5.73 Å². The second-order valence-electron chi connectivity index (χ2n) is 1.88. The van der Waals surface area contributed by atoms with Crippen LogP contribution in [0.1, 0.15) is 12.8 Å². The van der Waals surface area contributed by atoms with Gasteiger partial charge in [0.05, 0.1) is 6.42 Å². The summed E-state index contributed by atoms with van der Waals surface area (Å²) in [5.74, 6) is -1.81. The molecule has 5 heteroatoms. The van der Waals surface area contributed by atoms with Crippen LogP contribution in [0.15, 0.2) is 0 Å². The fraction of sp³-hybridized carbons (Fsp3) is 0.667. The first-order valence-corrected chi connectivity index (χ1v) is 3.22. The molecule has 0 aliphatic carbocycles. The third kappa shape index (κ3) is 6.79. The van der Waals surface area contributed by atoms with Crippen molar-refractivity contribution in [1.29, 1.82) is 0 Å². The Bertz CT molecular complexity index is 146. The molecule has 0 unspecified atom stereocenters. The van der Waals surface area contributed by atoms with Gasteiger partial charge >= 0.3 is 5.97 Å². The largest absolute Gasteiger partial charge is 0.550 e. The molecule has 5 nitrogen and oxygen atoms in total. The zero-order valence-electron chi connectivity index (χ0n) is 6.04. The van der Waals surface area contributed by atoms with Crippen LogP contribution in [0.25, 0.3) is 0 Å². The van der Waals surface area contributed by atoms with Gasteiger partial charge in [0.25, 0.3) is 0 Å². The first kappa shape index (κ1) is 9.90. The van der Waals surface area contributed by atoms with Gasteiger partial charge < -0.3 is 20.4 Å². The molecular weight excluding hydrogens is 150 g/mol. The summed E-state index contributed by atoms with van der Waals surface area (Å²) in [7, 11) is 0. The van der Waals surface area contributed by atoms with Crippen LogP contribution in [-0.4, -0.2) is 25.1 Å². The smallest absolute Gasteiger partial charge is 0.306 e. The van der Waals surface area contributed by atoms with E-state index in [-0.39, 0.29) is 26.0 Å². The quantitative estimate of drug-likeness (QED) is 0.470. The molecule has 0 radical (unpaired) electrons. The van der Waals surface area contributed by atoms with E-state index in [2.05, 4.69) is 4.74 Å². The number of hydrogen-bond acceptors (Lipinski definition) is 5. The molecule has 0 fully saturated rings. The monoisotopic (exact) mass is 160 g/mol. The maximum absolute atomic E-state index is 10.5. The highest BCUT2D eigenvalue weighted by Gasteiger charge is 2.00. The zero-order valence-corrected chi connectivity index (χ0v) is 6.04. The summed E-state index contributed by atoms with van der Waals surface area (Å²) in [6.45, 7) is 0.378. The molecule has 0 amide bonds. The fourth-order valence-corrected chi connectivity index (χ4v) is 0.449. The van der Waals surface area contributed by atoms with Gasteiger partial charge in [0.2, 0.25) is 0 Å². The van der Waals surface area contributed by atoms with Crippen LogP contribution in [-0.2, 0) is 14.3 Å². The van der Waals surface area contributed by atoms with Crippen molar-refractivity contribution in [2.75, 3.05) is 13.2 Å². The molecule has 0 atom stereocenters. The molecule has 0 bridgehead atoms. The standard InChI is InChI=1S/C6H11NO4/c7-3-4-11-6(10)2-1-5(8)9/h1-4,7H2,(H,8,9)/p-1. The van der Waals surface area contributed by atoms with Crippen molar-refractivity contribution >= 4 is 11.9 Å². The number of nitrogens with two attached hydrogens (primary N) is 1. The molecular formula is C6H10NO4-. The Labute approximate surface area is 64.1 Å². The Kier molecular flexibility index (Phi) is 5.10. The number of carboxylic acid groups (broad SMARTS) is 1. The minimum Gasteiger partial charge on any atom is -0.550 e. The predicted octanol–water partition coefficient (Wildman–Crippen LogP) is -1.98. The van der Waals surface area contributed by atoms with E-state index in [0.717, 1.165) is 0 Å². The maximum atomic E-state index is 10.5. The third-order valence-electron chi connectivity index (χ3n) is 0.914. The van der Waals surface area contributed by atoms with Crippen LogP contribution in [0.2, 0.25) is 0 Å². The molecule has 0 saturated carbocycles. The van der Waals surface area contributed by atoms with Crippen molar-refractivity contribution < 1.29 is 19.4 Å². The van der Waals surface area contributed by atoms with Gasteiger partial charge in [0.15, 0.2) is 0 Å². The summed E-state index contributed by atoms with van der Waals surface area (Å²) < 4.78 is 4.49. The number of rotatable bonds is 5. The number of esters is 1. The zero-order chi connectivity index (χ0) is 8.69. The number of carbonyl (C=O) groups excluding carboxylic acids is 2. The van der Waals surface area contributed by atoms with Crippen molar-refractivity contribution in [3.8, 4) is 0 Å². The van der Waals surface area contributed by atoms with Crippen LogP contribution in [0.4, 0.5) is 0 Å². The summed E-state index contributed by atoms with van der Waals surface area (Å²) in [6.07, 6.45) is -0.453. The first-order chi connectivity index (χ1) is 5.16. The lowest BCUT2D eigenvalue weighted by molar-refractivity contribution is -0.305. The van der Waals surface area contributed by atoms with Gasteiger partial charge in [-0.3, -0.25) is 4.79 Å². The van der Waals surface area contributed by atoms with Crippen LogP contribution in [0.3, 0.4) is 0 Å². The van der Waals surface area contributed by atoms with Gasteiger partial charge in [0, 0.05) is 12.5 Å². The van der Waals surface area contributed by atoms with Gasteiger partial charge in [-0.15, -0.1) is 0 Å². The lowest BCUT2D eigenvalue weighted by Crippen LogP contribution is -2.23. The van der Waals surface area contributed by atoms with Crippen LogP contribution in [0.5, 0.6) is 0 Å². The summed E-state index contributed by atoms with van der Waals surface area (Å²) in [5, 5.41) is 9.83. The van der Waals surface area contributed by atoms with E-state index in [4.69, 9.17) is 5.73 Å². The summed E-state index contributed by atoms with van der Waals surface area (Å²) >= 11 is 0. The van der Waals surface area contributed by atoms with Crippen molar-refractivity contribution in [2.45, 2.75) is 12.8 Å². The summed E-state index contributed by atoms with van der Waals surface area (Å²) in [6, 6.07) is 0. The Morgan fingerprint density at radius 2 is 2.00 bits per heavy atom. The van der Waals surface area contributed by atoms with E-state index in [1.165, 1.54) is 0 Å². The van der Waals surface area contributed by atoms with Gasteiger partial charge in [-0.1, -0.05) is 0 Å². The molecule has 0 rings (SSSR count). The van der Waals surface area contributed by atoms with Crippen molar-refractivity contribution in [3.05, 3.63) is 0 Å². The van der Waals surface area contributed by atoms with Crippen LogP contribution >= 0.6 is 0 Å². The van der Waals surface area contributed by atoms with E-state index in [9.17, 15) is 14.7 Å². The average Bonchev–Trinajstić information content (AvgIpc) is 1.97. The number of carbonyl (C=O) groups is 2. The Morgan fingerprint density at radius 1 is 1.36 bits per heavy atom. The summed E-state index contributed by atoms with van der Waals surface area (Å²) in [4.78, 5) is 20.4. The molecule has 64 valence electrons. The molecule has 0 saturated heterocycles. The highest BCUT2D eigenvalue weighted by atomic mass is 16.5. The molecule has 2 N–H and O–H groups in total. The van der Waals surface area contributed by atoms with Crippen molar-refractivity contribution in [3.63, 3.8) is 0 Å². The Morgan fingerprint density at radius 3 is 2.45 bits per heavy atom. The van der Waals surface area contributed by atoms with Gasteiger partial charge in [0.1, 0.15) is 6.61 Å². The SMILES string of the molecule is NCCOC(=O)CCC(=O)[O-]. The molecule has 0 aliphatic rings. The third-order valence-corrected chi connectivity index (χ3v) is 0.914. The minimum absolute atomic E-state index is 0.131. The van der Waals surface area contributed by atoms with Crippen LogP contribution in [0, 0.1) is 0 Å². The summed E-state index contributed by atoms with van der Waals surface area (Å²) in [5.41, 5.74) is 5.03. The van der Waals surface area contributed by atoms with E-state index >= 15 is 0 Å². The average molecular weight is 160 g/mol. The van der Waals surface area contributed by atoms with Gasteiger partial charge in [-0.2, -0.15) is 0 Å². The number of carboxylic acids is 1. The number of aliphatic carboxylic acids is 1. The van der Waals surface area contributed by atoms with E-state index in [1.54, 1.807) is 0 Å². The topological polar surface area (TPSA) is 92.5 Å². The van der Waals surface area contributed by atoms with Gasteiger partial charge in [-0.05, 0) is 6.42 Å². The normalized spacial score (nSPS) is 9.18. The highest BCUT2D eigenvalue weighted by molar-refractivity contribution is 5.75. The molecule has 0 aromatic carbocycles. The first-order valence-electron chi connectivity index (χ1n) is 3.22. The van der Waals surface area contributed by atoms with Gasteiger partial charge in [-0.25, -0.2) is 0 Å². The lowest BCUT2D eigenvalue weighted by Gasteiger charge is -2.02. The van der Waals surface area contributed by atoms with E-state index in [0.29, 0.717) is 0 Å². The molecule has 0 heterocycles. The molecule has 0 aromatic heterocycles. The van der Waals surface area contributed by atoms with E-state index < -0.39 is 11.9 Å². The molecule has 0 spiro atoms. The molecule has 0 aromatic rings. The minimum atomic E-state index is -1.25. The molecule has 0 aliphatic heterocycles.